The second-order valence-electron chi connectivity index (χ2n) is 7.31. The number of aryl methyl sites for hydroxylation is 1. The molecule has 0 aliphatic heterocycles. The maximum absolute atomic E-state index is 10.7. The van der Waals surface area contributed by atoms with Gasteiger partial charge in [-0.25, -0.2) is 9.78 Å². The van der Waals surface area contributed by atoms with Crippen LogP contribution in [0.1, 0.15) is 43.5 Å². The highest BCUT2D eigenvalue weighted by molar-refractivity contribution is 6.30. The molecule has 2 aromatic carbocycles. The van der Waals surface area contributed by atoms with Crippen molar-refractivity contribution < 1.29 is 19.4 Å². The average molecular weight is 440 g/mol. The van der Waals surface area contributed by atoms with Crippen LogP contribution in [0.4, 0.5) is 0 Å². The molecule has 5 nitrogen and oxygen atoms in total. The van der Waals surface area contributed by atoms with Crippen LogP contribution >= 0.6 is 11.6 Å². The molecule has 0 aliphatic carbocycles. The monoisotopic (exact) mass is 439 g/mol. The number of aliphatic carboxylic acids is 1. The number of benzene rings is 2. The summed E-state index contributed by atoms with van der Waals surface area (Å²) in [4.78, 5) is 15.6. The number of unbranched alkanes of at least 4 members (excludes halogenated alkanes) is 1. The van der Waals surface area contributed by atoms with Crippen molar-refractivity contribution in [3.63, 3.8) is 0 Å². The zero-order valence-corrected chi connectivity index (χ0v) is 18.4. The van der Waals surface area contributed by atoms with Crippen molar-refractivity contribution in [3.05, 3.63) is 76.9 Å². The molecule has 0 fully saturated rings. The van der Waals surface area contributed by atoms with Crippen molar-refractivity contribution in [2.24, 2.45) is 0 Å². The Hall–Kier alpha value is -3.05. The SMILES string of the molecule is CCCC[C@H](Oc1ccc(OCC(=O)O)c(C)c1)c1cccc(-c2ccc(Cl)cc2)n1. The normalized spacial score (nSPS) is 11.7. The second-order valence-corrected chi connectivity index (χ2v) is 7.75. The molecule has 0 bridgehead atoms. The van der Waals surface area contributed by atoms with Crippen LogP contribution < -0.4 is 9.47 Å². The largest absolute Gasteiger partial charge is 0.484 e. The molecule has 0 unspecified atom stereocenters. The van der Waals surface area contributed by atoms with E-state index in [2.05, 4.69) is 6.92 Å². The number of aromatic nitrogens is 1. The summed E-state index contributed by atoms with van der Waals surface area (Å²) < 4.78 is 11.6. The van der Waals surface area contributed by atoms with Gasteiger partial charge < -0.3 is 14.6 Å². The van der Waals surface area contributed by atoms with Crippen molar-refractivity contribution in [2.75, 3.05) is 6.61 Å². The molecular weight excluding hydrogens is 414 g/mol. The van der Waals surface area contributed by atoms with Crippen molar-refractivity contribution in [1.82, 2.24) is 4.98 Å². The second kappa shape index (κ2) is 10.8. The quantitative estimate of drug-likeness (QED) is 0.391. The molecule has 162 valence electrons. The molecule has 3 aromatic rings. The number of rotatable bonds is 10. The van der Waals surface area contributed by atoms with Crippen LogP contribution in [0.2, 0.25) is 5.02 Å². The lowest BCUT2D eigenvalue weighted by molar-refractivity contribution is -0.139. The Morgan fingerprint density at radius 1 is 1.13 bits per heavy atom. The minimum atomic E-state index is -1.01. The lowest BCUT2D eigenvalue weighted by Gasteiger charge is -2.20. The number of hydrogen-bond donors (Lipinski definition) is 1. The minimum Gasteiger partial charge on any atom is -0.484 e. The Labute approximate surface area is 187 Å². The fourth-order valence-corrected chi connectivity index (χ4v) is 3.36. The summed E-state index contributed by atoms with van der Waals surface area (Å²) in [5.74, 6) is 0.216. The van der Waals surface area contributed by atoms with E-state index in [1.165, 1.54) is 0 Å². The summed E-state index contributed by atoms with van der Waals surface area (Å²) in [5, 5.41) is 9.49. The van der Waals surface area contributed by atoms with Gasteiger partial charge in [0.15, 0.2) is 6.61 Å². The van der Waals surface area contributed by atoms with Gasteiger partial charge in [0.05, 0.1) is 11.4 Å². The van der Waals surface area contributed by atoms with Crippen molar-refractivity contribution in [3.8, 4) is 22.8 Å². The molecule has 1 heterocycles. The van der Waals surface area contributed by atoms with E-state index < -0.39 is 5.97 Å². The Morgan fingerprint density at radius 2 is 1.90 bits per heavy atom. The van der Waals surface area contributed by atoms with Crippen molar-refractivity contribution in [2.45, 2.75) is 39.2 Å². The maximum Gasteiger partial charge on any atom is 0.341 e. The van der Waals surface area contributed by atoms with E-state index in [1.807, 2.05) is 55.5 Å². The number of pyridine rings is 1. The fourth-order valence-electron chi connectivity index (χ4n) is 3.23. The number of nitrogens with zero attached hydrogens (tertiary/aromatic N) is 1. The van der Waals surface area contributed by atoms with Crippen LogP contribution in [0.25, 0.3) is 11.3 Å². The molecule has 1 atom stereocenters. The Balaban J connectivity index is 1.82. The number of carbonyl (C=O) groups is 1. The number of carboxylic acids is 1. The molecule has 3 rings (SSSR count). The van der Waals surface area contributed by atoms with E-state index >= 15 is 0 Å². The first-order valence-corrected chi connectivity index (χ1v) is 10.7. The number of halogens is 1. The summed E-state index contributed by atoms with van der Waals surface area (Å²) in [7, 11) is 0. The van der Waals surface area contributed by atoms with Gasteiger partial charge in [0.1, 0.15) is 17.6 Å². The van der Waals surface area contributed by atoms with Gasteiger partial charge in [-0.05, 0) is 67.8 Å². The third kappa shape index (κ3) is 6.46. The predicted octanol–water partition coefficient (Wildman–Crippen LogP) is 6.48. The molecule has 0 radical (unpaired) electrons. The fraction of sp³-hybridized carbons (Fsp3) is 0.280. The van der Waals surface area contributed by atoms with Crippen LogP contribution in [0.5, 0.6) is 11.5 Å². The molecule has 1 N–H and O–H groups in total. The van der Waals surface area contributed by atoms with E-state index in [-0.39, 0.29) is 12.7 Å². The van der Waals surface area contributed by atoms with E-state index in [9.17, 15) is 4.79 Å². The molecule has 0 saturated carbocycles. The topological polar surface area (TPSA) is 68.7 Å². The van der Waals surface area contributed by atoms with Gasteiger partial charge in [-0.15, -0.1) is 0 Å². The Morgan fingerprint density at radius 3 is 2.58 bits per heavy atom. The molecule has 0 spiro atoms. The van der Waals surface area contributed by atoms with Crippen LogP contribution in [-0.4, -0.2) is 22.7 Å². The summed E-state index contributed by atoms with van der Waals surface area (Å²) >= 11 is 6.01. The molecule has 0 amide bonds. The van der Waals surface area contributed by atoms with E-state index in [4.69, 9.17) is 31.2 Å². The van der Waals surface area contributed by atoms with Crippen LogP contribution in [0.15, 0.2) is 60.7 Å². The molecule has 31 heavy (non-hydrogen) atoms. The van der Waals surface area contributed by atoms with Gasteiger partial charge in [-0.3, -0.25) is 0 Å². The Kier molecular flexibility index (Phi) is 7.90. The molecule has 0 aliphatic rings. The molecule has 1 aromatic heterocycles. The number of carboxylic acid groups (broad SMARTS) is 1. The van der Waals surface area contributed by atoms with Gasteiger partial charge >= 0.3 is 5.97 Å². The zero-order valence-electron chi connectivity index (χ0n) is 17.7. The van der Waals surface area contributed by atoms with Crippen LogP contribution in [-0.2, 0) is 4.79 Å². The van der Waals surface area contributed by atoms with Crippen LogP contribution in [0, 0.1) is 6.92 Å². The first kappa shape index (κ1) is 22.6. The first-order chi connectivity index (χ1) is 15.0. The lowest BCUT2D eigenvalue weighted by atomic mass is 10.1. The van der Waals surface area contributed by atoms with Crippen molar-refractivity contribution in [1.29, 1.82) is 0 Å². The third-order valence-corrected chi connectivity index (χ3v) is 5.09. The highest BCUT2D eigenvalue weighted by Gasteiger charge is 2.16. The molecular formula is C25H26ClNO4. The van der Waals surface area contributed by atoms with Gasteiger partial charge in [0, 0.05) is 10.6 Å². The average Bonchev–Trinajstić information content (AvgIpc) is 2.76. The predicted molar refractivity (Wildman–Crippen MR) is 122 cm³/mol. The first-order valence-electron chi connectivity index (χ1n) is 10.3. The van der Waals surface area contributed by atoms with Crippen LogP contribution in [0.3, 0.4) is 0 Å². The van der Waals surface area contributed by atoms with Gasteiger partial charge in [-0.1, -0.05) is 43.1 Å². The highest BCUT2D eigenvalue weighted by Crippen LogP contribution is 2.30. The standard InChI is InChI=1S/C25H26ClNO4/c1-3-4-8-24(31-20-13-14-23(17(2)15-20)30-16-25(28)29)22-7-5-6-21(27-22)18-9-11-19(26)12-10-18/h5-7,9-15,24H,3-4,8,16H2,1-2H3,(H,28,29)/t24-/m0/s1. The molecule has 6 heteroatoms. The molecule has 0 saturated heterocycles. The van der Waals surface area contributed by atoms with Crippen molar-refractivity contribution >= 4 is 17.6 Å². The summed E-state index contributed by atoms with van der Waals surface area (Å²) in [6.07, 6.45) is 2.70. The van der Waals surface area contributed by atoms with E-state index in [0.29, 0.717) is 16.5 Å². The summed E-state index contributed by atoms with van der Waals surface area (Å²) in [6.45, 7) is 3.64. The Bertz CT molecular complexity index is 1020. The van der Waals surface area contributed by atoms with Gasteiger partial charge in [0.25, 0.3) is 0 Å². The smallest absolute Gasteiger partial charge is 0.341 e. The highest BCUT2D eigenvalue weighted by atomic mass is 35.5. The van der Waals surface area contributed by atoms with E-state index in [1.54, 1.807) is 12.1 Å². The summed E-state index contributed by atoms with van der Waals surface area (Å²) in [6, 6.07) is 19.0. The van der Waals surface area contributed by atoms with Gasteiger partial charge in [0.2, 0.25) is 0 Å². The van der Waals surface area contributed by atoms with Gasteiger partial charge in [-0.2, -0.15) is 0 Å². The number of ether oxygens (including phenoxy) is 2. The van der Waals surface area contributed by atoms with E-state index in [0.717, 1.165) is 41.8 Å². The zero-order chi connectivity index (χ0) is 22.2. The third-order valence-electron chi connectivity index (χ3n) is 4.84. The maximum atomic E-state index is 10.7. The number of hydrogen-bond acceptors (Lipinski definition) is 4. The minimum absolute atomic E-state index is 0.197. The lowest BCUT2D eigenvalue weighted by Crippen LogP contribution is -2.11. The summed E-state index contributed by atoms with van der Waals surface area (Å²) in [5.41, 5.74) is 3.55.